The summed E-state index contributed by atoms with van der Waals surface area (Å²) < 4.78 is 27.6. The van der Waals surface area contributed by atoms with Gasteiger partial charge in [0.1, 0.15) is 11.4 Å². The van der Waals surface area contributed by atoms with E-state index in [1.54, 1.807) is 25.1 Å². The van der Waals surface area contributed by atoms with E-state index in [-0.39, 0.29) is 16.1 Å². The van der Waals surface area contributed by atoms with Gasteiger partial charge in [-0.15, -0.1) is 0 Å². The van der Waals surface area contributed by atoms with Gasteiger partial charge in [-0.3, -0.25) is 4.72 Å². The Labute approximate surface area is 159 Å². The van der Waals surface area contributed by atoms with Gasteiger partial charge in [0.15, 0.2) is 0 Å². The summed E-state index contributed by atoms with van der Waals surface area (Å²) in [5.41, 5.74) is 0.951. The number of aromatic carboxylic acids is 1. The molecule has 1 saturated heterocycles. The highest BCUT2D eigenvalue weighted by atomic mass is 32.2. The number of rotatable bonds is 5. The Morgan fingerprint density at radius 3 is 2.48 bits per heavy atom. The molecule has 1 fully saturated rings. The third-order valence-corrected chi connectivity index (χ3v) is 5.93. The molecule has 8 heteroatoms. The molecule has 1 aromatic heterocycles. The van der Waals surface area contributed by atoms with Crippen molar-refractivity contribution >= 4 is 27.5 Å². The molecule has 0 bridgehead atoms. The first-order chi connectivity index (χ1) is 12.9. The van der Waals surface area contributed by atoms with E-state index >= 15 is 0 Å². The van der Waals surface area contributed by atoms with Crippen molar-refractivity contribution in [1.82, 2.24) is 4.98 Å². The minimum atomic E-state index is -3.82. The number of aryl methyl sites for hydroxylation is 1. The largest absolute Gasteiger partial charge is 0.478 e. The molecule has 2 N–H and O–H groups in total. The zero-order valence-corrected chi connectivity index (χ0v) is 16.0. The second-order valence-electron chi connectivity index (χ2n) is 6.72. The number of carboxylic acids is 1. The minimum absolute atomic E-state index is 0.00124. The third kappa shape index (κ3) is 4.57. The van der Waals surface area contributed by atoms with Crippen molar-refractivity contribution in [3.05, 3.63) is 47.7 Å². The van der Waals surface area contributed by atoms with Crippen molar-refractivity contribution in [2.75, 3.05) is 22.7 Å². The van der Waals surface area contributed by atoms with E-state index in [9.17, 15) is 18.3 Å². The van der Waals surface area contributed by atoms with Gasteiger partial charge in [-0.05, 0) is 43.5 Å². The number of hydrogen-bond acceptors (Lipinski definition) is 5. The molecule has 0 unspecified atom stereocenters. The predicted molar refractivity (Wildman–Crippen MR) is 104 cm³/mol. The van der Waals surface area contributed by atoms with E-state index in [1.807, 2.05) is 4.90 Å². The first-order valence-electron chi connectivity index (χ1n) is 8.94. The van der Waals surface area contributed by atoms with Gasteiger partial charge in [0.2, 0.25) is 0 Å². The maximum absolute atomic E-state index is 12.6. The van der Waals surface area contributed by atoms with Crippen molar-refractivity contribution < 1.29 is 18.3 Å². The van der Waals surface area contributed by atoms with Crippen LogP contribution < -0.4 is 9.62 Å². The molecule has 2 heterocycles. The maximum Gasteiger partial charge on any atom is 0.339 e. The fourth-order valence-electron chi connectivity index (χ4n) is 3.20. The van der Waals surface area contributed by atoms with Crippen molar-refractivity contribution in [1.29, 1.82) is 0 Å². The highest BCUT2D eigenvalue weighted by Crippen LogP contribution is 2.25. The molecule has 27 heavy (non-hydrogen) atoms. The Morgan fingerprint density at radius 2 is 1.85 bits per heavy atom. The summed E-state index contributed by atoms with van der Waals surface area (Å²) in [6.07, 6.45) is 5.59. The molecule has 7 nitrogen and oxygen atoms in total. The quantitative estimate of drug-likeness (QED) is 0.814. The molecule has 0 spiro atoms. The molecule has 0 amide bonds. The highest BCUT2D eigenvalue weighted by Gasteiger charge is 2.21. The van der Waals surface area contributed by atoms with Gasteiger partial charge in [0.05, 0.1) is 16.8 Å². The number of anilines is 2. The van der Waals surface area contributed by atoms with Gasteiger partial charge < -0.3 is 10.0 Å². The molecule has 1 aromatic carbocycles. The van der Waals surface area contributed by atoms with Gasteiger partial charge in [-0.25, -0.2) is 18.2 Å². The first-order valence-corrected chi connectivity index (χ1v) is 10.4. The molecule has 3 rings (SSSR count). The molecule has 0 saturated carbocycles. The zero-order chi connectivity index (χ0) is 19.4. The predicted octanol–water partition coefficient (Wildman–Crippen LogP) is 3.27. The average Bonchev–Trinajstić information content (AvgIpc) is 2.90. The number of benzene rings is 1. The summed E-state index contributed by atoms with van der Waals surface area (Å²) in [4.78, 5) is 18.1. The SMILES string of the molecule is Cc1cccc(S(=O)(=O)Nc2cnc(N3CCCCCC3)c(C(=O)O)c2)c1. The van der Waals surface area contributed by atoms with Gasteiger partial charge in [-0.2, -0.15) is 0 Å². The van der Waals surface area contributed by atoms with Crippen LogP contribution in [0.15, 0.2) is 41.4 Å². The van der Waals surface area contributed by atoms with E-state index in [0.29, 0.717) is 5.82 Å². The second kappa shape index (κ2) is 7.96. The second-order valence-corrected chi connectivity index (χ2v) is 8.41. The summed E-state index contributed by atoms with van der Waals surface area (Å²) in [6.45, 7) is 3.31. The molecule has 144 valence electrons. The number of nitrogens with one attached hydrogen (secondary N) is 1. The minimum Gasteiger partial charge on any atom is -0.478 e. The molecule has 0 radical (unpaired) electrons. The van der Waals surface area contributed by atoms with Gasteiger partial charge >= 0.3 is 5.97 Å². The Morgan fingerprint density at radius 1 is 1.15 bits per heavy atom. The monoisotopic (exact) mass is 389 g/mol. The van der Waals surface area contributed by atoms with Crippen LogP contribution in [0.2, 0.25) is 0 Å². The number of pyridine rings is 1. The summed E-state index contributed by atoms with van der Waals surface area (Å²) >= 11 is 0. The number of hydrogen-bond donors (Lipinski definition) is 2. The van der Waals surface area contributed by atoms with E-state index in [1.165, 1.54) is 18.3 Å². The lowest BCUT2D eigenvalue weighted by molar-refractivity contribution is 0.0697. The van der Waals surface area contributed by atoms with Crippen LogP contribution in [0.1, 0.15) is 41.6 Å². The number of carboxylic acid groups (broad SMARTS) is 1. The third-order valence-electron chi connectivity index (χ3n) is 4.55. The molecule has 0 aliphatic carbocycles. The van der Waals surface area contributed by atoms with Crippen LogP contribution in [0.25, 0.3) is 0 Å². The summed E-state index contributed by atoms with van der Waals surface area (Å²) in [5.74, 6) is -0.735. The Bertz CT molecular complexity index is 936. The van der Waals surface area contributed by atoms with Crippen LogP contribution in [-0.4, -0.2) is 37.6 Å². The van der Waals surface area contributed by atoms with Crippen LogP contribution in [0.5, 0.6) is 0 Å². The van der Waals surface area contributed by atoms with Crippen molar-refractivity contribution in [2.45, 2.75) is 37.5 Å². The average molecular weight is 389 g/mol. The molecule has 1 aliphatic rings. The lowest BCUT2D eigenvalue weighted by Crippen LogP contribution is -2.27. The topological polar surface area (TPSA) is 99.6 Å². The fraction of sp³-hybridized carbons (Fsp3) is 0.368. The lowest BCUT2D eigenvalue weighted by atomic mass is 10.2. The number of sulfonamides is 1. The van der Waals surface area contributed by atoms with Crippen molar-refractivity contribution in [2.24, 2.45) is 0 Å². The van der Waals surface area contributed by atoms with Crippen molar-refractivity contribution in [3.63, 3.8) is 0 Å². The van der Waals surface area contributed by atoms with Crippen LogP contribution in [0, 0.1) is 6.92 Å². The molecule has 0 atom stereocenters. The molecule has 2 aromatic rings. The van der Waals surface area contributed by atoms with Crippen LogP contribution in [0.4, 0.5) is 11.5 Å². The number of nitrogens with zero attached hydrogens (tertiary/aromatic N) is 2. The van der Waals surface area contributed by atoms with Gasteiger partial charge in [-0.1, -0.05) is 25.0 Å². The fourth-order valence-corrected chi connectivity index (χ4v) is 4.34. The van der Waals surface area contributed by atoms with Crippen LogP contribution in [-0.2, 0) is 10.0 Å². The van der Waals surface area contributed by atoms with Crippen molar-refractivity contribution in [3.8, 4) is 0 Å². The van der Waals surface area contributed by atoms with Gasteiger partial charge in [0, 0.05) is 13.1 Å². The molecular formula is C19H23N3O4S. The van der Waals surface area contributed by atoms with E-state index in [4.69, 9.17) is 0 Å². The smallest absolute Gasteiger partial charge is 0.339 e. The van der Waals surface area contributed by atoms with Crippen LogP contribution >= 0.6 is 0 Å². The molecular weight excluding hydrogens is 366 g/mol. The first kappa shape index (κ1) is 19.2. The summed E-state index contributed by atoms with van der Waals surface area (Å²) in [7, 11) is -3.82. The Balaban J connectivity index is 1.91. The summed E-state index contributed by atoms with van der Waals surface area (Å²) in [6, 6.07) is 7.85. The van der Waals surface area contributed by atoms with Crippen LogP contribution in [0.3, 0.4) is 0 Å². The standard InChI is InChI=1S/C19H23N3O4S/c1-14-7-6-8-16(11-14)27(25,26)21-15-12-17(19(23)24)18(20-13-15)22-9-4-2-3-5-10-22/h6-8,11-13,21H,2-5,9-10H2,1H3,(H,23,24). The highest BCUT2D eigenvalue weighted by molar-refractivity contribution is 7.92. The van der Waals surface area contributed by atoms with E-state index in [2.05, 4.69) is 9.71 Å². The normalized spacial score (nSPS) is 15.2. The maximum atomic E-state index is 12.6. The number of carbonyl (C=O) groups is 1. The van der Waals surface area contributed by atoms with E-state index < -0.39 is 16.0 Å². The Hall–Kier alpha value is -2.61. The zero-order valence-electron chi connectivity index (χ0n) is 15.2. The summed E-state index contributed by atoms with van der Waals surface area (Å²) in [5, 5.41) is 9.60. The van der Waals surface area contributed by atoms with Gasteiger partial charge in [0.25, 0.3) is 10.0 Å². The van der Waals surface area contributed by atoms with E-state index in [0.717, 1.165) is 44.3 Å². The Kier molecular flexibility index (Phi) is 5.65. The lowest BCUT2D eigenvalue weighted by Gasteiger charge is -2.23. The molecule has 1 aliphatic heterocycles. The number of aromatic nitrogens is 1.